The fraction of sp³-hybridized carbons (Fsp3) is 0.333. The number of aromatic carboxylic acids is 1. The number of hydrogen-bond acceptors (Lipinski definition) is 4. The predicted molar refractivity (Wildman–Crippen MR) is 53.0 cm³/mol. The number of aryl methyl sites for hydroxylation is 1. The van der Waals surface area contributed by atoms with Crippen molar-refractivity contribution in [3.63, 3.8) is 0 Å². The third-order valence-corrected chi connectivity index (χ3v) is 1.78. The van der Waals surface area contributed by atoms with Crippen molar-refractivity contribution in [3.05, 3.63) is 23.4 Å². The molecule has 4 N–H and O–H groups in total. The topological polar surface area (TPSA) is 88.2 Å². The molecule has 0 spiro atoms. The minimum atomic E-state index is -0.971. The van der Waals surface area contributed by atoms with Gasteiger partial charge in [0.1, 0.15) is 5.82 Å². The molecule has 0 aromatic carbocycles. The van der Waals surface area contributed by atoms with Gasteiger partial charge in [-0.1, -0.05) is 13.3 Å². The van der Waals surface area contributed by atoms with Gasteiger partial charge in [0.2, 0.25) is 0 Å². The molecule has 76 valence electrons. The van der Waals surface area contributed by atoms with Crippen LogP contribution in [0.2, 0.25) is 0 Å². The molecule has 0 radical (unpaired) electrons. The molecule has 0 aliphatic rings. The van der Waals surface area contributed by atoms with Crippen LogP contribution in [0, 0.1) is 0 Å². The number of carbonyl (C=O) groups is 1. The first kappa shape index (κ1) is 10.5. The number of rotatable bonds is 4. The maximum Gasteiger partial charge on any atom is 0.335 e. The quantitative estimate of drug-likeness (QED) is 0.493. The first-order chi connectivity index (χ1) is 6.67. The smallest absolute Gasteiger partial charge is 0.335 e. The standard InChI is InChI=1S/C9H13N3O2/c1-2-3-7-4-6(9(13)14)5-8(11-7)12-10/h4-5H,2-3,10H2,1H3,(H,11,12)(H,13,14). The van der Waals surface area contributed by atoms with Crippen LogP contribution in [0.5, 0.6) is 0 Å². The second-order valence-electron chi connectivity index (χ2n) is 2.93. The second-order valence-corrected chi connectivity index (χ2v) is 2.93. The molecule has 1 aromatic heterocycles. The zero-order chi connectivity index (χ0) is 10.6. The monoisotopic (exact) mass is 195 g/mol. The molecule has 14 heavy (non-hydrogen) atoms. The molecular formula is C9H13N3O2. The fourth-order valence-corrected chi connectivity index (χ4v) is 1.17. The molecule has 0 fully saturated rings. The zero-order valence-electron chi connectivity index (χ0n) is 7.95. The maximum absolute atomic E-state index is 10.7. The number of nitrogens with two attached hydrogens (primary N) is 1. The Hall–Kier alpha value is -1.62. The van der Waals surface area contributed by atoms with Crippen molar-refractivity contribution in [3.8, 4) is 0 Å². The van der Waals surface area contributed by atoms with Crippen molar-refractivity contribution in [2.24, 2.45) is 5.84 Å². The van der Waals surface area contributed by atoms with Crippen LogP contribution in [-0.2, 0) is 6.42 Å². The van der Waals surface area contributed by atoms with E-state index in [4.69, 9.17) is 10.9 Å². The SMILES string of the molecule is CCCc1cc(C(=O)O)cc(NN)n1. The molecule has 1 heterocycles. The molecule has 0 saturated carbocycles. The summed E-state index contributed by atoms with van der Waals surface area (Å²) >= 11 is 0. The summed E-state index contributed by atoms with van der Waals surface area (Å²) in [5, 5.41) is 8.80. The zero-order valence-corrected chi connectivity index (χ0v) is 7.95. The minimum Gasteiger partial charge on any atom is -0.478 e. The van der Waals surface area contributed by atoms with Gasteiger partial charge in [0.25, 0.3) is 0 Å². The van der Waals surface area contributed by atoms with Gasteiger partial charge >= 0.3 is 5.97 Å². The summed E-state index contributed by atoms with van der Waals surface area (Å²) in [5.74, 6) is 4.59. The molecule has 5 heteroatoms. The van der Waals surface area contributed by atoms with Crippen molar-refractivity contribution < 1.29 is 9.90 Å². The van der Waals surface area contributed by atoms with Crippen LogP contribution in [0.4, 0.5) is 5.82 Å². The molecule has 0 amide bonds. The summed E-state index contributed by atoms with van der Waals surface area (Å²) in [6, 6.07) is 2.97. The number of carboxylic acid groups (broad SMARTS) is 1. The van der Waals surface area contributed by atoms with Gasteiger partial charge in [0.15, 0.2) is 0 Å². The molecule has 0 aliphatic heterocycles. The number of hydrogen-bond donors (Lipinski definition) is 3. The highest BCUT2D eigenvalue weighted by atomic mass is 16.4. The Labute approximate surface area is 81.9 Å². The summed E-state index contributed by atoms with van der Waals surface area (Å²) in [6.07, 6.45) is 1.66. The number of nitrogens with one attached hydrogen (secondary N) is 1. The average Bonchev–Trinajstić information content (AvgIpc) is 2.17. The number of pyridine rings is 1. The molecule has 0 saturated heterocycles. The van der Waals surface area contributed by atoms with Gasteiger partial charge in [0.05, 0.1) is 5.56 Å². The number of anilines is 1. The lowest BCUT2D eigenvalue weighted by Crippen LogP contribution is -2.11. The third kappa shape index (κ3) is 2.43. The van der Waals surface area contributed by atoms with Crippen molar-refractivity contribution in [1.29, 1.82) is 0 Å². The van der Waals surface area contributed by atoms with Crippen LogP contribution in [0.25, 0.3) is 0 Å². The lowest BCUT2D eigenvalue weighted by Gasteiger charge is -2.04. The highest BCUT2D eigenvalue weighted by molar-refractivity contribution is 5.88. The number of aromatic nitrogens is 1. The lowest BCUT2D eigenvalue weighted by atomic mass is 10.1. The Kier molecular flexibility index (Phi) is 3.41. The van der Waals surface area contributed by atoms with Crippen molar-refractivity contribution in [1.82, 2.24) is 4.98 Å². The van der Waals surface area contributed by atoms with Gasteiger partial charge in [-0.3, -0.25) is 0 Å². The van der Waals surface area contributed by atoms with E-state index in [9.17, 15) is 4.79 Å². The number of nitrogens with zero attached hydrogens (tertiary/aromatic N) is 1. The molecule has 1 aromatic rings. The van der Waals surface area contributed by atoms with Gasteiger partial charge < -0.3 is 10.5 Å². The van der Waals surface area contributed by atoms with E-state index in [2.05, 4.69) is 10.4 Å². The second kappa shape index (κ2) is 4.57. The Morgan fingerprint density at radius 1 is 1.64 bits per heavy atom. The van der Waals surface area contributed by atoms with E-state index in [0.717, 1.165) is 18.5 Å². The Balaban J connectivity index is 3.06. The van der Waals surface area contributed by atoms with Crippen LogP contribution < -0.4 is 11.3 Å². The predicted octanol–water partition coefficient (Wildman–Crippen LogP) is 1.02. The number of nitrogen functional groups attached to an aromatic ring is 1. The highest BCUT2D eigenvalue weighted by Gasteiger charge is 2.07. The molecule has 0 aliphatic carbocycles. The Morgan fingerprint density at radius 2 is 2.36 bits per heavy atom. The Morgan fingerprint density at radius 3 is 2.86 bits per heavy atom. The minimum absolute atomic E-state index is 0.205. The van der Waals surface area contributed by atoms with E-state index < -0.39 is 5.97 Å². The van der Waals surface area contributed by atoms with E-state index >= 15 is 0 Å². The summed E-state index contributed by atoms with van der Waals surface area (Å²) in [7, 11) is 0. The van der Waals surface area contributed by atoms with E-state index in [1.165, 1.54) is 6.07 Å². The fourth-order valence-electron chi connectivity index (χ4n) is 1.17. The lowest BCUT2D eigenvalue weighted by molar-refractivity contribution is 0.0696. The van der Waals surface area contributed by atoms with Gasteiger partial charge in [-0.05, 0) is 18.6 Å². The maximum atomic E-state index is 10.7. The van der Waals surface area contributed by atoms with Gasteiger partial charge in [-0.15, -0.1) is 0 Å². The largest absolute Gasteiger partial charge is 0.478 e. The first-order valence-electron chi connectivity index (χ1n) is 4.38. The summed E-state index contributed by atoms with van der Waals surface area (Å²) in [5.41, 5.74) is 3.29. The summed E-state index contributed by atoms with van der Waals surface area (Å²) in [6.45, 7) is 2.00. The van der Waals surface area contributed by atoms with Crippen LogP contribution in [0.3, 0.4) is 0 Å². The van der Waals surface area contributed by atoms with E-state index in [1.807, 2.05) is 6.92 Å². The molecule has 1 rings (SSSR count). The van der Waals surface area contributed by atoms with Crippen molar-refractivity contribution in [2.45, 2.75) is 19.8 Å². The molecule has 0 atom stereocenters. The summed E-state index contributed by atoms with van der Waals surface area (Å²) in [4.78, 5) is 14.9. The molecule has 5 nitrogen and oxygen atoms in total. The van der Waals surface area contributed by atoms with Gasteiger partial charge in [-0.25, -0.2) is 15.6 Å². The summed E-state index contributed by atoms with van der Waals surface area (Å²) < 4.78 is 0. The van der Waals surface area contributed by atoms with E-state index in [-0.39, 0.29) is 5.56 Å². The van der Waals surface area contributed by atoms with Crippen LogP contribution >= 0.6 is 0 Å². The first-order valence-corrected chi connectivity index (χ1v) is 4.38. The number of carboxylic acids is 1. The molecular weight excluding hydrogens is 182 g/mol. The van der Waals surface area contributed by atoms with Gasteiger partial charge in [-0.2, -0.15) is 0 Å². The third-order valence-electron chi connectivity index (χ3n) is 1.78. The van der Waals surface area contributed by atoms with Crippen LogP contribution in [-0.4, -0.2) is 16.1 Å². The average molecular weight is 195 g/mol. The normalized spacial score (nSPS) is 9.86. The molecule has 0 bridgehead atoms. The van der Waals surface area contributed by atoms with Crippen molar-refractivity contribution >= 4 is 11.8 Å². The van der Waals surface area contributed by atoms with Gasteiger partial charge in [0, 0.05) is 5.69 Å². The van der Waals surface area contributed by atoms with Crippen molar-refractivity contribution in [2.75, 3.05) is 5.43 Å². The molecule has 0 unspecified atom stereocenters. The Bertz CT molecular complexity index is 339. The van der Waals surface area contributed by atoms with E-state index in [0.29, 0.717) is 5.82 Å². The highest BCUT2D eigenvalue weighted by Crippen LogP contribution is 2.11. The van der Waals surface area contributed by atoms with E-state index in [1.54, 1.807) is 6.07 Å². The van der Waals surface area contributed by atoms with Crippen LogP contribution in [0.15, 0.2) is 12.1 Å². The number of hydrazine groups is 1. The van der Waals surface area contributed by atoms with Crippen LogP contribution in [0.1, 0.15) is 29.4 Å².